The zero-order chi connectivity index (χ0) is 25.4. The van der Waals surface area contributed by atoms with Crippen LogP contribution in [0.2, 0.25) is 22.2 Å². The van der Waals surface area contributed by atoms with Crippen LogP contribution >= 0.6 is 0 Å². The van der Waals surface area contributed by atoms with E-state index in [1.165, 1.54) is 16.8 Å². The maximum Gasteiger partial charge on any atom is 0.335 e. The van der Waals surface area contributed by atoms with E-state index in [1.807, 2.05) is 0 Å². The Morgan fingerprint density at radius 2 is 1.65 bits per heavy atom. The van der Waals surface area contributed by atoms with Crippen molar-refractivity contribution in [1.82, 2.24) is 9.55 Å². The van der Waals surface area contributed by atoms with E-state index in [9.17, 15) is 14.9 Å². The molecule has 0 radical (unpaired) electrons. The fourth-order valence-corrected chi connectivity index (χ4v) is 16.3. The monoisotopic (exact) mass is 507 g/mol. The highest BCUT2D eigenvalue weighted by molar-refractivity contribution is 6.84. The summed E-state index contributed by atoms with van der Waals surface area (Å²) in [5, 5.41) is 9.61. The van der Waals surface area contributed by atoms with Crippen LogP contribution in [-0.2, 0) is 17.7 Å². The van der Waals surface area contributed by atoms with Crippen molar-refractivity contribution in [3.63, 3.8) is 0 Å². The van der Waals surface area contributed by atoms with E-state index in [-0.39, 0.29) is 41.1 Å². The third-order valence-electron chi connectivity index (χ3n) is 6.85. The van der Waals surface area contributed by atoms with Gasteiger partial charge in [0.05, 0.1) is 19.1 Å². The molecule has 2 aliphatic heterocycles. The van der Waals surface area contributed by atoms with Gasteiger partial charge in [0.1, 0.15) is 6.10 Å². The number of rotatable bonds is 6. The van der Waals surface area contributed by atoms with E-state index in [0.29, 0.717) is 5.57 Å². The average molecular weight is 508 g/mol. The summed E-state index contributed by atoms with van der Waals surface area (Å²) in [4.78, 5) is 26.4. The highest BCUT2D eigenvalue weighted by Gasteiger charge is 2.60. The molecule has 2 aliphatic rings. The molecule has 0 saturated carbocycles. The molecule has 1 saturated heterocycles. The summed E-state index contributed by atoms with van der Waals surface area (Å²) in [6.07, 6.45) is 0.256. The second kappa shape index (κ2) is 9.95. The van der Waals surface area contributed by atoms with Gasteiger partial charge >= 0.3 is 22.8 Å². The van der Waals surface area contributed by atoms with Crippen LogP contribution in [0.25, 0.3) is 5.88 Å². The van der Waals surface area contributed by atoms with Gasteiger partial charge in [0, 0.05) is 17.8 Å². The van der Waals surface area contributed by atoms with Crippen LogP contribution in [0.3, 0.4) is 0 Å². The van der Waals surface area contributed by atoms with Crippen LogP contribution in [0, 0.1) is 11.3 Å². The molecule has 0 aromatic carbocycles. The van der Waals surface area contributed by atoms with Gasteiger partial charge in [0.15, 0.2) is 6.10 Å². The Hall–Kier alpha value is -1.98. The first-order valence-corrected chi connectivity index (χ1v) is 15.9. The summed E-state index contributed by atoms with van der Waals surface area (Å²) in [5.41, 5.74) is 0.0303. The standard InChI is InChI=1S/C23H37N3O6Si2/c1-14(2)33(15(3)4)29-13-19-21(31-34(32-33,16(5)6)17(7)8)18(9-11-24)22(30-19)26-12-10-20(27)25-23(26)28/h10,12,14-17,19,21H,9,13H2,1-8H3,(H,25,27,28)/t19-,21+/m1/s1. The van der Waals surface area contributed by atoms with E-state index in [4.69, 9.17) is 17.7 Å². The number of aromatic nitrogens is 2. The Labute approximate surface area is 203 Å². The molecule has 1 N–H and O–H groups in total. The lowest BCUT2D eigenvalue weighted by atomic mass is 10.1. The topological polar surface area (TPSA) is 116 Å². The molecule has 3 rings (SSSR count). The number of hydrogen-bond donors (Lipinski definition) is 1. The predicted molar refractivity (Wildman–Crippen MR) is 133 cm³/mol. The molecule has 0 spiro atoms. The van der Waals surface area contributed by atoms with Crippen LogP contribution in [0.15, 0.2) is 27.4 Å². The van der Waals surface area contributed by atoms with Gasteiger partial charge in [-0.05, 0) is 22.2 Å². The van der Waals surface area contributed by atoms with Gasteiger partial charge in [-0.2, -0.15) is 5.26 Å². The van der Waals surface area contributed by atoms with Gasteiger partial charge in [0.25, 0.3) is 5.56 Å². The molecule has 1 aromatic heterocycles. The quantitative estimate of drug-likeness (QED) is 0.579. The number of fused-ring (bicyclic) bond motifs is 1. The molecular weight excluding hydrogens is 470 g/mol. The Kier molecular flexibility index (Phi) is 7.79. The first-order chi connectivity index (χ1) is 15.9. The van der Waals surface area contributed by atoms with Gasteiger partial charge in [-0.25, -0.2) is 9.36 Å². The van der Waals surface area contributed by atoms with Gasteiger partial charge in [-0.15, -0.1) is 0 Å². The first-order valence-electron chi connectivity index (χ1n) is 12.0. The smallest absolute Gasteiger partial charge is 0.335 e. The van der Waals surface area contributed by atoms with Crippen LogP contribution in [0.4, 0.5) is 0 Å². The second-order valence-corrected chi connectivity index (χ2v) is 19.2. The predicted octanol–water partition coefficient (Wildman–Crippen LogP) is 3.97. The molecule has 1 fully saturated rings. The van der Waals surface area contributed by atoms with E-state index in [0.717, 1.165) is 0 Å². The summed E-state index contributed by atoms with van der Waals surface area (Å²) in [6.45, 7) is 17.3. The zero-order valence-electron chi connectivity index (χ0n) is 21.4. The number of H-pyrrole nitrogens is 1. The molecule has 188 valence electrons. The molecule has 1 aromatic rings. The molecule has 9 nitrogen and oxygen atoms in total. The SMILES string of the molecule is CC(C)[Si]1(C(C)C)OC[C@H]2OC(n3ccc(=O)[nH]c3=O)=C(CC#N)[C@@H]2O[Si](C(C)C)(C(C)C)O1. The lowest BCUT2D eigenvalue weighted by Crippen LogP contribution is -2.65. The minimum Gasteiger partial charge on any atom is -0.470 e. The van der Waals surface area contributed by atoms with Gasteiger partial charge in [-0.1, -0.05) is 55.4 Å². The fourth-order valence-electron chi connectivity index (χ4n) is 5.07. The Morgan fingerprint density at radius 1 is 1.06 bits per heavy atom. The van der Waals surface area contributed by atoms with Gasteiger partial charge in [0.2, 0.25) is 5.88 Å². The van der Waals surface area contributed by atoms with Crippen LogP contribution in [0.5, 0.6) is 0 Å². The molecule has 0 amide bonds. The highest BCUT2D eigenvalue weighted by Crippen LogP contribution is 2.48. The largest absolute Gasteiger partial charge is 0.470 e. The van der Waals surface area contributed by atoms with Crippen molar-refractivity contribution in [3.05, 3.63) is 38.7 Å². The van der Waals surface area contributed by atoms with Crippen LogP contribution in [-0.4, -0.2) is 45.5 Å². The molecule has 0 unspecified atom stereocenters. The number of ether oxygens (including phenoxy) is 1. The molecule has 0 bridgehead atoms. The maximum absolute atomic E-state index is 12.6. The summed E-state index contributed by atoms with van der Waals surface area (Å²) in [6, 6.07) is 3.43. The number of nitriles is 1. The van der Waals surface area contributed by atoms with Crippen molar-refractivity contribution in [2.24, 2.45) is 0 Å². The van der Waals surface area contributed by atoms with Crippen LogP contribution in [0.1, 0.15) is 61.8 Å². The fraction of sp³-hybridized carbons (Fsp3) is 0.696. The number of nitrogens with zero attached hydrogens (tertiary/aromatic N) is 2. The first kappa shape index (κ1) is 26.6. The average Bonchev–Trinajstić information content (AvgIpc) is 3.04. The zero-order valence-corrected chi connectivity index (χ0v) is 23.4. The molecule has 11 heteroatoms. The molecule has 3 heterocycles. The van der Waals surface area contributed by atoms with Crippen molar-refractivity contribution in [2.45, 2.75) is 96.2 Å². The van der Waals surface area contributed by atoms with E-state index >= 15 is 0 Å². The molecule has 34 heavy (non-hydrogen) atoms. The van der Waals surface area contributed by atoms with Crippen molar-refractivity contribution >= 4 is 23.0 Å². The van der Waals surface area contributed by atoms with E-state index in [1.54, 1.807) is 0 Å². The van der Waals surface area contributed by atoms with Crippen molar-refractivity contribution < 1.29 is 17.7 Å². The number of nitrogens with one attached hydrogen (secondary N) is 1. The van der Waals surface area contributed by atoms with Crippen molar-refractivity contribution in [3.8, 4) is 6.07 Å². The van der Waals surface area contributed by atoms with E-state index in [2.05, 4.69) is 66.4 Å². The van der Waals surface area contributed by atoms with Gasteiger partial charge in [-0.3, -0.25) is 9.78 Å². The summed E-state index contributed by atoms with van der Waals surface area (Å²) in [5.74, 6) is 0.222. The molecule has 0 aliphatic carbocycles. The minimum absolute atomic E-state index is 0.0136. The third kappa shape index (κ3) is 4.49. The second-order valence-electron chi connectivity index (χ2n) is 10.3. The van der Waals surface area contributed by atoms with Crippen LogP contribution < -0.4 is 11.2 Å². The summed E-state index contributed by atoms with van der Waals surface area (Å²) in [7, 11) is -5.67. The highest BCUT2D eigenvalue weighted by atomic mass is 28.5. The van der Waals surface area contributed by atoms with Gasteiger partial charge < -0.3 is 17.7 Å². The minimum atomic E-state index is -2.92. The lowest BCUT2D eigenvalue weighted by molar-refractivity contribution is -0.00656. The third-order valence-corrected chi connectivity index (χ3v) is 17.1. The van der Waals surface area contributed by atoms with E-state index < -0.39 is 40.6 Å². The number of aromatic amines is 1. The normalized spacial score (nSPS) is 24.2. The Morgan fingerprint density at radius 3 is 2.15 bits per heavy atom. The lowest BCUT2D eigenvalue weighted by Gasteiger charge is -2.51. The molecule has 2 atom stereocenters. The summed E-state index contributed by atoms with van der Waals surface area (Å²) < 4.78 is 28.4. The Balaban J connectivity index is 2.20. The van der Waals surface area contributed by atoms with Crippen molar-refractivity contribution in [2.75, 3.05) is 6.61 Å². The number of hydrogen-bond acceptors (Lipinski definition) is 7. The Bertz CT molecular complexity index is 1070. The van der Waals surface area contributed by atoms with Crippen molar-refractivity contribution in [1.29, 1.82) is 5.26 Å². The summed E-state index contributed by atoms with van der Waals surface area (Å²) >= 11 is 0. The maximum atomic E-state index is 12.6. The molecular formula is C23H37N3O6Si2.